The second-order valence-corrected chi connectivity index (χ2v) is 7.27. The molecular weight excluding hydrogens is 361 g/mol. The highest BCUT2D eigenvalue weighted by molar-refractivity contribution is 6.43. The lowest BCUT2D eigenvalue weighted by Gasteiger charge is -2.25. The molecule has 5 N–H and O–H groups in total. The summed E-state index contributed by atoms with van der Waals surface area (Å²) in [5.41, 5.74) is 0.109. The molecule has 1 aromatic heterocycles. The molecule has 2 amide bonds. The van der Waals surface area contributed by atoms with Gasteiger partial charge in [-0.15, -0.1) is 0 Å². The number of fused-ring (bicyclic) bond motifs is 1. The monoisotopic (exact) mass is 387 g/mol. The van der Waals surface area contributed by atoms with E-state index in [1.807, 2.05) is 38.1 Å². The van der Waals surface area contributed by atoms with Crippen molar-refractivity contribution in [3.8, 4) is 0 Å². The minimum Gasteiger partial charge on any atom is -0.426 e. The normalized spacial score (nSPS) is 14.4. The van der Waals surface area contributed by atoms with Gasteiger partial charge in [0.15, 0.2) is 0 Å². The van der Waals surface area contributed by atoms with E-state index < -0.39 is 37.0 Å². The minimum atomic E-state index is -1.75. The first-order chi connectivity index (χ1) is 13.2. The van der Waals surface area contributed by atoms with E-state index in [1.165, 1.54) is 6.92 Å². The number of benzene rings is 1. The zero-order valence-corrected chi connectivity index (χ0v) is 16.2. The third-order valence-corrected chi connectivity index (χ3v) is 4.33. The average molecular weight is 387 g/mol. The van der Waals surface area contributed by atoms with Crippen molar-refractivity contribution >= 4 is 29.7 Å². The molecule has 0 radical (unpaired) electrons. The van der Waals surface area contributed by atoms with E-state index in [0.717, 1.165) is 10.8 Å². The summed E-state index contributed by atoms with van der Waals surface area (Å²) in [6.07, 6.45) is 0.693. The van der Waals surface area contributed by atoms with Crippen LogP contribution >= 0.6 is 0 Å². The number of amides is 2. The quantitative estimate of drug-likeness (QED) is 0.413. The van der Waals surface area contributed by atoms with Gasteiger partial charge in [0, 0.05) is 11.6 Å². The fraction of sp³-hybridized carbons (Fsp3) is 0.421. The molecule has 150 valence electrons. The standard InChI is InChI=1S/C19H26BN3O5/c1-11(2)8-16(20(27)28)22-19(26)17(12(3)24)23-18(25)15-9-13-6-4-5-7-14(13)10-21-15/h4-7,9-12,16-17,24,27-28H,8H2,1-3H3,(H,22,26)(H,23,25)/t12-,16+,17+/m1/s1. The highest BCUT2D eigenvalue weighted by atomic mass is 16.4. The van der Waals surface area contributed by atoms with Gasteiger partial charge in [-0.3, -0.25) is 14.6 Å². The summed E-state index contributed by atoms with van der Waals surface area (Å²) in [4.78, 5) is 29.2. The van der Waals surface area contributed by atoms with Crippen molar-refractivity contribution in [3.63, 3.8) is 0 Å². The molecule has 3 atom stereocenters. The Bertz CT molecular complexity index is 828. The first-order valence-corrected chi connectivity index (χ1v) is 9.19. The van der Waals surface area contributed by atoms with Gasteiger partial charge in [0.1, 0.15) is 11.7 Å². The van der Waals surface area contributed by atoms with E-state index in [0.29, 0.717) is 6.42 Å². The summed E-state index contributed by atoms with van der Waals surface area (Å²) in [6.45, 7) is 5.12. The Morgan fingerprint density at radius 2 is 1.75 bits per heavy atom. The van der Waals surface area contributed by atoms with E-state index in [-0.39, 0.29) is 11.6 Å². The molecule has 1 aromatic carbocycles. The molecule has 1 heterocycles. The fourth-order valence-electron chi connectivity index (χ4n) is 2.86. The van der Waals surface area contributed by atoms with Crippen molar-refractivity contribution in [2.75, 3.05) is 0 Å². The van der Waals surface area contributed by atoms with Crippen molar-refractivity contribution in [2.45, 2.75) is 45.3 Å². The van der Waals surface area contributed by atoms with Crippen LogP contribution in [0.3, 0.4) is 0 Å². The predicted molar refractivity (Wildman–Crippen MR) is 106 cm³/mol. The van der Waals surface area contributed by atoms with Crippen LogP contribution < -0.4 is 10.6 Å². The SMILES string of the molecule is CC(C)C[C@H](NC(=O)[C@@H](NC(=O)c1cc2ccccc2cn1)[C@@H](C)O)B(O)O. The maximum absolute atomic E-state index is 12.5. The molecule has 0 fully saturated rings. The Hall–Kier alpha value is -2.49. The molecule has 0 saturated carbocycles. The fourth-order valence-corrected chi connectivity index (χ4v) is 2.86. The van der Waals surface area contributed by atoms with Crippen LogP contribution in [0.2, 0.25) is 0 Å². The number of pyridine rings is 1. The average Bonchev–Trinajstić information content (AvgIpc) is 2.64. The second-order valence-electron chi connectivity index (χ2n) is 7.27. The van der Waals surface area contributed by atoms with Gasteiger partial charge in [-0.25, -0.2) is 0 Å². The summed E-state index contributed by atoms with van der Waals surface area (Å²) in [6, 6.07) is 7.73. The van der Waals surface area contributed by atoms with Gasteiger partial charge in [0.25, 0.3) is 5.91 Å². The van der Waals surface area contributed by atoms with Crippen LogP contribution in [0.15, 0.2) is 36.5 Å². The first kappa shape index (κ1) is 21.8. The van der Waals surface area contributed by atoms with E-state index in [9.17, 15) is 24.7 Å². The van der Waals surface area contributed by atoms with Crippen LogP contribution in [0.5, 0.6) is 0 Å². The summed E-state index contributed by atoms with van der Waals surface area (Å²) in [7, 11) is -1.75. The summed E-state index contributed by atoms with van der Waals surface area (Å²) >= 11 is 0. The molecule has 2 rings (SSSR count). The number of hydrogen-bond donors (Lipinski definition) is 5. The maximum atomic E-state index is 12.5. The van der Waals surface area contributed by atoms with Crippen molar-refractivity contribution in [3.05, 3.63) is 42.2 Å². The Labute approximate surface area is 164 Å². The molecule has 8 nitrogen and oxygen atoms in total. The highest BCUT2D eigenvalue weighted by Crippen LogP contribution is 2.13. The molecule has 28 heavy (non-hydrogen) atoms. The molecular formula is C19H26BN3O5. The van der Waals surface area contributed by atoms with Gasteiger partial charge in [0.2, 0.25) is 5.91 Å². The van der Waals surface area contributed by atoms with Gasteiger partial charge in [0.05, 0.1) is 12.0 Å². The smallest absolute Gasteiger partial charge is 0.426 e. The topological polar surface area (TPSA) is 132 Å². The minimum absolute atomic E-state index is 0.105. The number of nitrogens with one attached hydrogen (secondary N) is 2. The number of rotatable bonds is 8. The maximum Gasteiger partial charge on any atom is 0.475 e. The van der Waals surface area contributed by atoms with Crippen molar-refractivity contribution < 1.29 is 24.7 Å². The van der Waals surface area contributed by atoms with Crippen LogP contribution in [0, 0.1) is 5.92 Å². The largest absolute Gasteiger partial charge is 0.475 e. The van der Waals surface area contributed by atoms with E-state index in [2.05, 4.69) is 15.6 Å². The number of aromatic nitrogens is 1. The van der Waals surface area contributed by atoms with Crippen LogP contribution in [0.4, 0.5) is 0 Å². The van der Waals surface area contributed by atoms with Crippen LogP contribution in [0.1, 0.15) is 37.7 Å². The van der Waals surface area contributed by atoms with E-state index in [4.69, 9.17) is 0 Å². The van der Waals surface area contributed by atoms with Gasteiger partial charge < -0.3 is 25.8 Å². The van der Waals surface area contributed by atoms with Gasteiger partial charge in [-0.2, -0.15) is 0 Å². The van der Waals surface area contributed by atoms with Crippen molar-refractivity contribution in [1.82, 2.24) is 15.6 Å². The molecule has 0 saturated heterocycles. The van der Waals surface area contributed by atoms with E-state index >= 15 is 0 Å². The molecule has 0 aliphatic carbocycles. The van der Waals surface area contributed by atoms with Crippen LogP contribution in [-0.2, 0) is 4.79 Å². The lowest BCUT2D eigenvalue weighted by Crippen LogP contribution is -2.57. The highest BCUT2D eigenvalue weighted by Gasteiger charge is 2.32. The number of carbonyl (C=O) groups excluding carboxylic acids is 2. The third kappa shape index (κ3) is 5.75. The number of nitrogens with zero attached hydrogens (tertiary/aromatic N) is 1. The summed E-state index contributed by atoms with van der Waals surface area (Å²) < 4.78 is 0. The van der Waals surface area contributed by atoms with Crippen LogP contribution in [0.25, 0.3) is 10.8 Å². The Morgan fingerprint density at radius 3 is 2.32 bits per heavy atom. The zero-order valence-electron chi connectivity index (χ0n) is 16.2. The van der Waals surface area contributed by atoms with Gasteiger partial charge >= 0.3 is 7.12 Å². The molecule has 9 heteroatoms. The van der Waals surface area contributed by atoms with Gasteiger partial charge in [-0.1, -0.05) is 38.1 Å². The molecule has 0 unspecified atom stereocenters. The number of aliphatic hydroxyl groups is 1. The zero-order chi connectivity index (χ0) is 20.8. The lowest BCUT2D eigenvalue weighted by atomic mass is 9.75. The number of hydrogen-bond acceptors (Lipinski definition) is 6. The number of carbonyl (C=O) groups is 2. The molecule has 2 aromatic rings. The molecule has 0 bridgehead atoms. The summed E-state index contributed by atoms with van der Waals surface area (Å²) in [5, 5.41) is 35.5. The Balaban J connectivity index is 2.13. The molecule has 0 spiro atoms. The van der Waals surface area contributed by atoms with Crippen LogP contribution in [-0.4, -0.2) is 57.2 Å². The van der Waals surface area contributed by atoms with Gasteiger partial charge in [-0.05, 0) is 30.7 Å². The predicted octanol–water partition coefficient (Wildman–Crippen LogP) is 0.257. The first-order valence-electron chi connectivity index (χ1n) is 9.19. The molecule has 0 aliphatic heterocycles. The van der Waals surface area contributed by atoms with E-state index in [1.54, 1.807) is 12.3 Å². The third-order valence-electron chi connectivity index (χ3n) is 4.33. The second kappa shape index (κ2) is 9.63. The van der Waals surface area contributed by atoms with Crippen molar-refractivity contribution in [2.24, 2.45) is 5.92 Å². The summed E-state index contributed by atoms with van der Waals surface area (Å²) in [5.74, 6) is -2.13. The Kier molecular flexibility index (Phi) is 7.50. The van der Waals surface area contributed by atoms with Crippen molar-refractivity contribution in [1.29, 1.82) is 0 Å². The molecule has 0 aliphatic rings. The number of aliphatic hydroxyl groups excluding tert-OH is 1. The lowest BCUT2D eigenvalue weighted by molar-refractivity contribution is -0.125. The Morgan fingerprint density at radius 1 is 1.11 bits per heavy atom.